The highest BCUT2D eigenvalue weighted by atomic mass is 15.2. The molecule has 3 rings (SSSR count). The Balaban J connectivity index is 1.62. The van der Waals surface area contributed by atoms with Gasteiger partial charge in [0.2, 0.25) is 0 Å². The smallest absolute Gasteiger partial charge is 0.0221 e. The molecule has 2 saturated carbocycles. The van der Waals surface area contributed by atoms with Crippen molar-refractivity contribution in [1.29, 1.82) is 0 Å². The third-order valence-corrected chi connectivity index (χ3v) is 5.81. The summed E-state index contributed by atoms with van der Waals surface area (Å²) in [7, 11) is 2.40. The van der Waals surface area contributed by atoms with Gasteiger partial charge in [-0.2, -0.15) is 0 Å². The maximum atomic E-state index is 3.57. The average Bonchev–Trinajstić information content (AvgIpc) is 2.39. The number of nitrogens with one attached hydrogen (secondary N) is 1. The summed E-state index contributed by atoms with van der Waals surface area (Å²) in [5.74, 6) is 0. The Hall–Kier alpha value is -0.0800. The quantitative estimate of drug-likeness (QED) is 0.793. The second-order valence-corrected chi connectivity index (χ2v) is 6.64. The van der Waals surface area contributed by atoms with Crippen molar-refractivity contribution < 1.29 is 0 Å². The van der Waals surface area contributed by atoms with Crippen LogP contribution >= 0.6 is 0 Å². The zero-order chi connectivity index (χ0) is 11.7. The lowest BCUT2D eigenvalue weighted by Gasteiger charge is -2.57. The lowest BCUT2D eigenvalue weighted by atomic mass is 9.56. The molecule has 17 heavy (non-hydrogen) atoms. The van der Waals surface area contributed by atoms with Gasteiger partial charge < -0.3 is 5.32 Å². The molecule has 0 aromatic carbocycles. The van der Waals surface area contributed by atoms with Crippen LogP contribution < -0.4 is 5.32 Å². The summed E-state index contributed by atoms with van der Waals surface area (Å²) in [5, 5.41) is 3.57. The Morgan fingerprint density at radius 3 is 2.41 bits per heavy atom. The molecule has 1 spiro atoms. The molecule has 2 nitrogen and oxygen atoms in total. The van der Waals surface area contributed by atoms with Crippen LogP contribution in [0.5, 0.6) is 0 Å². The molecule has 2 aliphatic carbocycles. The van der Waals surface area contributed by atoms with Gasteiger partial charge in [0, 0.05) is 18.6 Å². The molecule has 2 heteroatoms. The van der Waals surface area contributed by atoms with E-state index < -0.39 is 0 Å². The molecule has 1 N–H and O–H groups in total. The molecule has 0 amide bonds. The van der Waals surface area contributed by atoms with Gasteiger partial charge in [-0.25, -0.2) is 0 Å². The third-order valence-electron chi connectivity index (χ3n) is 5.81. The minimum atomic E-state index is 0.741. The van der Waals surface area contributed by atoms with Crippen LogP contribution in [0.1, 0.15) is 57.8 Å². The Kier molecular flexibility index (Phi) is 3.45. The first kappa shape index (κ1) is 12.0. The molecule has 0 aromatic heterocycles. The standard InChI is InChI=1S/C15H28N2/c1-17(13-6-5-11-16-12-13)14-7-10-15(14)8-3-2-4-9-15/h13-14,16H,2-12H2,1H3. The van der Waals surface area contributed by atoms with Crippen molar-refractivity contribution in [2.24, 2.45) is 5.41 Å². The Bertz CT molecular complexity index is 252. The summed E-state index contributed by atoms with van der Waals surface area (Å²) < 4.78 is 0. The van der Waals surface area contributed by atoms with E-state index in [-0.39, 0.29) is 0 Å². The Morgan fingerprint density at radius 2 is 1.82 bits per heavy atom. The van der Waals surface area contributed by atoms with E-state index in [1.54, 1.807) is 0 Å². The summed E-state index contributed by atoms with van der Waals surface area (Å²) >= 11 is 0. The van der Waals surface area contributed by atoms with Crippen molar-refractivity contribution in [3.8, 4) is 0 Å². The van der Waals surface area contributed by atoms with Gasteiger partial charge in [0.25, 0.3) is 0 Å². The molecule has 1 heterocycles. The lowest BCUT2D eigenvalue weighted by Crippen LogP contribution is -2.59. The van der Waals surface area contributed by atoms with Crippen molar-refractivity contribution in [3.05, 3.63) is 0 Å². The maximum Gasteiger partial charge on any atom is 0.0221 e. The minimum absolute atomic E-state index is 0.741. The zero-order valence-corrected chi connectivity index (χ0v) is 11.4. The lowest BCUT2D eigenvalue weighted by molar-refractivity contribution is -0.0615. The predicted octanol–water partition coefficient (Wildman–Crippen LogP) is 2.78. The monoisotopic (exact) mass is 236 g/mol. The van der Waals surface area contributed by atoms with Crippen LogP contribution in [-0.2, 0) is 0 Å². The minimum Gasteiger partial charge on any atom is -0.315 e. The second kappa shape index (κ2) is 4.89. The third kappa shape index (κ3) is 2.15. The Labute approximate surface area is 106 Å². The highest BCUT2D eigenvalue weighted by Gasteiger charge is 2.49. The van der Waals surface area contributed by atoms with Crippen molar-refractivity contribution in [3.63, 3.8) is 0 Å². The van der Waals surface area contributed by atoms with E-state index >= 15 is 0 Å². The van der Waals surface area contributed by atoms with Gasteiger partial charge >= 0.3 is 0 Å². The molecule has 3 aliphatic rings. The summed E-state index contributed by atoms with van der Waals surface area (Å²) in [6, 6.07) is 1.72. The summed E-state index contributed by atoms with van der Waals surface area (Å²) in [5.41, 5.74) is 0.741. The summed E-state index contributed by atoms with van der Waals surface area (Å²) in [6.07, 6.45) is 13.3. The predicted molar refractivity (Wildman–Crippen MR) is 72.2 cm³/mol. The van der Waals surface area contributed by atoms with E-state index in [2.05, 4.69) is 17.3 Å². The molecule has 2 atom stereocenters. The SMILES string of the molecule is CN(C1CCCNC1)C1CCC12CCCCC2. The first-order chi connectivity index (χ1) is 8.32. The largest absolute Gasteiger partial charge is 0.315 e. The first-order valence-corrected chi connectivity index (χ1v) is 7.74. The van der Waals surface area contributed by atoms with Crippen LogP contribution in [0.25, 0.3) is 0 Å². The van der Waals surface area contributed by atoms with E-state index in [0.717, 1.165) is 17.5 Å². The van der Waals surface area contributed by atoms with Crippen LogP contribution in [0.3, 0.4) is 0 Å². The van der Waals surface area contributed by atoms with Crippen molar-refractivity contribution >= 4 is 0 Å². The van der Waals surface area contributed by atoms with Gasteiger partial charge in [-0.1, -0.05) is 19.3 Å². The van der Waals surface area contributed by atoms with Gasteiger partial charge in [-0.05, 0) is 57.5 Å². The van der Waals surface area contributed by atoms with E-state index in [1.807, 2.05) is 0 Å². The fourth-order valence-corrected chi connectivity index (χ4v) is 4.59. The van der Waals surface area contributed by atoms with E-state index in [4.69, 9.17) is 0 Å². The number of hydrogen-bond acceptors (Lipinski definition) is 2. The van der Waals surface area contributed by atoms with Gasteiger partial charge in [0.05, 0.1) is 0 Å². The highest BCUT2D eigenvalue weighted by Crippen LogP contribution is 2.54. The fraction of sp³-hybridized carbons (Fsp3) is 1.00. The van der Waals surface area contributed by atoms with Gasteiger partial charge in [-0.3, -0.25) is 4.90 Å². The van der Waals surface area contributed by atoms with Gasteiger partial charge in [0.1, 0.15) is 0 Å². The zero-order valence-electron chi connectivity index (χ0n) is 11.4. The molecule has 98 valence electrons. The molecule has 0 bridgehead atoms. The number of nitrogens with zero attached hydrogens (tertiary/aromatic N) is 1. The van der Waals surface area contributed by atoms with Gasteiger partial charge in [0.15, 0.2) is 0 Å². The molecule has 3 fully saturated rings. The topological polar surface area (TPSA) is 15.3 Å². The van der Waals surface area contributed by atoms with E-state index in [0.29, 0.717) is 0 Å². The second-order valence-electron chi connectivity index (χ2n) is 6.64. The van der Waals surface area contributed by atoms with Crippen molar-refractivity contribution in [1.82, 2.24) is 10.2 Å². The van der Waals surface area contributed by atoms with Gasteiger partial charge in [-0.15, -0.1) is 0 Å². The normalized spacial score (nSPS) is 37.1. The number of hydrogen-bond donors (Lipinski definition) is 1. The summed E-state index contributed by atoms with van der Waals surface area (Å²) in [4.78, 5) is 2.75. The Morgan fingerprint density at radius 1 is 1.00 bits per heavy atom. The van der Waals surface area contributed by atoms with Crippen molar-refractivity contribution in [2.75, 3.05) is 20.1 Å². The van der Waals surface area contributed by atoms with E-state index in [1.165, 1.54) is 70.9 Å². The molecular formula is C15H28N2. The van der Waals surface area contributed by atoms with Crippen molar-refractivity contribution in [2.45, 2.75) is 69.9 Å². The molecule has 1 aliphatic heterocycles. The number of likely N-dealkylation sites (N-methyl/N-ethyl adjacent to an activating group) is 1. The highest BCUT2D eigenvalue weighted by molar-refractivity contribution is 5.03. The number of rotatable bonds is 2. The fourth-order valence-electron chi connectivity index (χ4n) is 4.59. The van der Waals surface area contributed by atoms with Crippen LogP contribution in [-0.4, -0.2) is 37.1 Å². The molecule has 0 aromatic rings. The van der Waals surface area contributed by atoms with E-state index in [9.17, 15) is 0 Å². The molecular weight excluding hydrogens is 208 g/mol. The maximum absolute atomic E-state index is 3.57. The van der Waals surface area contributed by atoms with Crippen LogP contribution in [0, 0.1) is 5.41 Å². The number of piperidine rings is 1. The molecule has 1 saturated heterocycles. The average molecular weight is 236 g/mol. The first-order valence-electron chi connectivity index (χ1n) is 7.74. The molecule has 2 unspecified atom stereocenters. The summed E-state index contributed by atoms with van der Waals surface area (Å²) in [6.45, 7) is 2.46. The van der Waals surface area contributed by atoms with Crippen LogP contribution in [0.2, 0.25) is 0 Å². The van der Waals surface area contributed by atoms with Crippen LogP contribution in [0.15, 0.2) is 0 Å². The molecule has 0 radical (unpaired) electrons. The van der Waals surface area contributed by atoms with Crippen LogP contribution in [0.4, 0.5) is 0 Å².